The number of amides is 2. The minimum Gasteiger partial charge on any atom is -0.324 e. The first-order valence-electron chi connectivity index (χ1n) is 6.97. The Kier molecular flexibility index (Phi) is 3.72. The summed E-state index contributed by atoms with van der Waals surface area (Å²) in [5, 5.41) is 5.59. The number of nitrogens with one attached hydrogen (secondary N) is 2. The zero-order valence-electron chi connectivity index (χ0n) is 11.6. The second-order valence-electron chi connectivity index (χ2n) is 5.74. The van der Waals surface area contributed by atoms with Crippen molar-refractivity contribution in [1.82, 2.24) is 10.2 Å². The lowest BCUT2D eigenvalue weighted by molar-refractivity contribution is -0.137. The molecule has 1 aromatic carbocycles. The number of carbonyl (C=O) groups excluding carboxylic acids is 1. The van der Waals surface area contributed by atoms with E-state index < -0.39 is 23.6 Å². The normalized spacial score (nSPS) is 24.5. The van der Waals surface area contributed by atoms with Gasteiger partial charge in [-0.3, -0.25) is 0 Å². The highest BCUT2D eigenvalue weighted by Gasteiger charge is 2.38. The fourth-order valence-corrected chi connectivity index (χ4v) is 3.05. The van der Waals surface area contributed by atoms with Gasteiger partial charge in [-0.1, -0.05) is 0 Å². The van der Waals surface area contributed by atoms with Crippen LogP contribution in [-0.2, 0) is 6.18 Å². The van der Waals surface area contributed by atoms with E-state index in [0.29, 0.717) is 31.0 Å². The van der Waals surface area contributed by atoms with Crippen LogP contribution in [0.15, 0.2) is 18.2 Å². The fourth-order valence-electron chi connectivity index (χ4n) is 3.05. The van der Waals surface area contributed by atoms with E-state index in [9.17, 15) is 22.4 Å². The van der Waals surface area contributed by atoms with Crippen molar-refractivity contribution in [3.8, 4) is 0 Å². The van der Waals surface area contributed by atoms with E-state index >= 15 is 0 Å². The number of halogens is 4. The maximum Gasteiger partial charge on any atom is 0.416 e. The van der Waals surface area contributed by atoms with Gasteiger partial charge in [-0.05, 0) is 30.0 Å². The molecule has 2 amide bonds. The van der Waals surface area contributed by atoms with Crippen molar-refractivity contribution in [2.24, 2.45) is 11.8 Å². The Bertz CT molecular complexity index is 578. The third-order valence-electron chi connectivity index (χ3n) is 4.15. The quantitative estimate of drug-likeness (QED) is 0.782. The number of fused-ring (bicyclic) bond motifs is 1. The van der Waals surface area contributed by atoms with Crippen molar-refractivity contribution in [2.75, 3.05) is 31.5 Å². The molecule has 8 heteroatoms. The summed E-state index contributed by atoms with van der Waals surface area (Å²) in [4.78, 5) is 13.7. The van der Waals surface area contributed by atoms with Crippen molar-refractivity contribution in [1.29, 1.82) is 0 Å². The summed E-state index contributed by atoms with van der Waals surface area (Å²) in [5.74, 6) is -0.277. The van der Waals surface area contributed by atoms with Crippen molar-refractivity contribution < 1.29 is 22.4 Å². The number of hydrogen-bond donors (Lipinski definition) is 2. The van der Waals surface area contributed by atoms with Gasteiger partial charge in [-0.2, -0.15) is 13.2 Å². The highest BCUT2D eigenvalue weighted by Crippen LogP contribution is 2.32. The van der Waals surface area contributed by atoms with Gasteiger partial charge in [-0.25, -0.2) is 9.18 Å². The summed E-state index contributed by atoms with van der Waals surface area (Å²) < 4.78 is 51.2. The summed E-state index contributed by atoms with van der Waals surface area (Å²) in [7, 11) is 0. The van der Waals surface area contributed by atoms with Gasteiger partial charge in [0.05, 0.1) is 5.56 Å². The van der Waals surface area contributed by atoms with Crippen LogP contribution >= 0.6 is 0 Å². The van der Waals surface area contributed by atoms with Gasteiger partial charge in [0.25, 0.3) is 0 Å². The zero-order valence-corrected chi connectivity index (χ0v) is 11.6. The largest absolute Gasteiger partial charge is 0.416 e. The molecule has 2 atom stereocenters. The van der Waals surface area contributed by atoms with Gasteiger partial charge < -0.3 is 15.5 Å². The predicted octanol–water partition coefficient (Wildman–Crippen LogP) is 2.53. The molecule has 3 rings (SSSR count). The van der Waals surface area contributed by atoms with Gasteiger partial charge >= 0.3 is 12.2 Å². The highest BCUT2D eigenvalue weighted by atomic mass is 19.4. The second-order valence-corrected chi connectivity index (χ2v) is 5.74. The average molecular weight is 317 g/mol. The van der Waals surface area contributed by atoms with Crippen LogP contribution in [0.25, 0.3) is 0 Å². The monoisotopic (exact) mass is 317 g/mol. The standard InChI is InChI=1S/C14H15F4N3O/c15-11-1-10(14(16,17)18)2-12(3-11)20-13(22)21-6-8-4-19-5-9(8)7-21/h1-3,8-9,19H,4-7H2,(H,20,22). The Balaban J connectivity index is 1.70. The summed E-state index contributed by atoms with van der Waals surface area (Å²) in [6, 6.07) is 1.53. The summed E-state index contributed by atoms with van der Waals surface area (Å²) in [6.45, 7) is 2.80. The summed E-state index contributed by atoms with van der Waals surface area (Å²) in [6.07, 6.45) is -4.65. The first-order valence-corrected chi connectivity index (χ1v) is 6.97. The molecule has 2 unspecified atom stereocenters. The number of hydrogen-bond acceptors (Lipinski definition) is 2. The van der Waals surface area contributed by atoms with E-state index in [-0.39, 0.29) is 5.69 Å². The lowest BCUT2D eigenvalue weighted by Crippen LogP contribution is -2.35. The third kappa shape index (κ3) is 3.01. The smallest absolute Gasteiger partial charge is 0.324 e. The van der Waals surface area contributed by atoms with Gasteiger partial charge in [0.1, 0.15) is 5.82 Å². The van der Waals surface area contributed by atoms with Crippen LogP contribution in [0.2, 0.25) is 0 Å². The van der Waals surface area contributed by atoms with Crippen molar-refractivity contribution in [2.45, 2.75) is 6.18 Å². The van der Waals surface area contributed by atoms with E-state index in [1.54, 1.807) is 4.90 Å². The lowest BCUT2D eigenvalue weighted by atomic mass is 10.0. The lowest BCUT2D eigenvalue weighted by Gasteiger charge is -2.19. The van der Waals surface area contributed by atoms with Crippen LogP contribution in [0, 0.1) is 17.7 Å². The molecule has 22 heavy (non-hydrogen) atoms. The Hall–Kier alpha value is -1.83. The number of carbonyl (C=O) groups is 1. The highest BCUT2D eigenvalue weighted by molar-refractivity contribution is 5.89. The zero-order chi connectivity index (χ0) is 15.9. The molecule has 0 saturated carbocycles. The van der Waals surface area contributed by atoms with Crippen molar-refractivity contribution in [3.05, 3.63) is 29.6 Å². The maximum atomic E-state index is 13.3. The fraction of sp³-hybridized carbons (Fsp3) is 0.500. The van der Waals surface area contributed by atoms with Crippen molar-refractivity contribution in [3.63, 3.8) is 0 Å². The van der Waals surface area contributed by atoms with Crippen LogP contribution in [0.3, 0.4) is 0 Å². The first kappa shape index (κ1) is 15.1. The van der Waals surface area contributed by atoms with Crippen LogP contribution in [0.4, 0.5) is 28.0 Å². The van der Waals surface area contributed by atoms with E-state index in [1.165, 1.54) is 0 Å². The molecule has 2 N–H and O–H groups in total. The average Bonchev–Trinajstić information content (AvgIpc) is 2.97. The van der Waals surface area contributed by atoms with Gasteiger partial charge in [0.2, 0.25) is 0 Å². The topological polar surface area (TPSA) is 44.4 Å². The molecule has 2 fully saturated rings. The molecule has 4 nitrogen and oxygen atoms in total. The molecule has 2 heterocycles. The minimum absolute atomic E-state index is 0.187. The molecular formula is C14H15F4N3O. The van der Waals surface area contributed by atoms with Crippen LogP contribution < -0.4 is 10.6 Å². The van der Waals surface area contributed by atoms with Crippen LogP contribution in [0.1, 0.15) is 5.56 Å². The number of rotatable bonds is 1. The predicted molar refractivity (Wildman–Crippen MR) is 71.8 cm³/mol. The molecule has 0 radical (unpaired) electrons. The number of benzene rings is 1. The molecule has 0 spiro atoms. The number of anilines is 1. The number of likely N-dealkylation sites (tertiary alicyclic amines) is 1. The van der Waals surface area contributed by atoms with E-state index in [2.05, 4.69) is 10.6 Å². The van der Waals surface area contributed by atoms with Crippen LogP contribution in [0.5, 0.6) is 0 Å². The Morgan fingerprint density at radius 3 is 2.41 bits per heavy atom. The summed E-state index contributed by atoms with van der Waals surface area (Å²) in [5.41, 5.74) is -1.31. The molecular weight excluding hydrogens is 302 g/mol. The van der Waals surface area contributed by atoms with Crippen LogP contribution in [-0.4, -0.2) is 37.1 Å². The molecule has 2 saturated heterocycles. The Morgan fingerprint density at radius 2 is 1.82 bits per heavy atom. The molecule has 120 valence electrons. The second kappa shape index (κ2) is 5.42. The first-order chi connectivity index (χ1) is 10.3. The number of nitrogens with zero attached hydrogens (tertiary/aromatic N) is 1. The SMILES string of the molecule is O=C(Nc1cc(F)cc(C(F)(F)F)c1)N1CC2CNCC2C1. The van der Waals surface area contributed by atoms with Gasteiger partial charge in [0.15, 0.2) is 0 Å². The van der Waals surface area contributed by atoms with E-state index in [4.69, 9.17) is 0 Å². The van der Waals surface area contributed by atoms with Gasteiger partial charge in [-0.15, -0.1) is 0 Å². The molecule has 1 aromatic rings. The molecule has 0 aliphatic carbocycles. The number of alkyl halides is 3. The number of urea groups is 1. The third-order valence-corrected chi connectivity index (χ3v) is 4.15. The van der Waals surface area contributed by atoms with E-state index in [0.717, 1.165) is 25.2 Å². The van der Waals surface area contributed by atoms with E-state index in [1.807, 2.05) is 0 Å². The molecule has 2 aliphatic rings. The summed E-state index contributed by atoms with van der Waals surface area (Å²) >= 11 is 0. The minimum atomic E-state index is -4.65. The van der Waals surface area contributed by atoms with Gasteiger partial charge in [0, 0.05) is 31.9 Å². The molecule has 0 aromatic heterocycles. The molecule has 2 aliphatic heterocycles. The Morgan fingerprint density at radius 1 is 1.18 bits per heavy atom. The van der Waals surface area contributed by atoms with Crippen molar-refractivity contribution >= 4 is 11.7 Å². The molecule has 0 bridgehead atoms. The maximum absolute atomic E-state index is 13.3. The Labute approximate surface area is 124 Å².